The summed E-state index contributed by atoms with van der Waals surface area (Å²) >= 11 is 3.42. The minimum Gasteiger partial charge on any atom is -0.354 e. The summed E-state index contributed by atoms with van der Waals surface area (Å²) in [6.45, 7) is 2.20. The number of nitrogens with zero attached hydrogens (tertiary/aromatic N) is 3. The van der Waals surface area contributed by atoms with E-state index in [4.69, 9.17) is 0 Å². The van der Waals surface area contributed by atoms with Gasteiger partial charge in [-0.2, -0.15) is 0 Å². The van der Waals surface area contributed by atoms with Gasteiger partial charge in [0.05, 0.1) is 11.9 Å². The molecule has 2 aromatic carbocycles. The topological polar surface area (TPSA) is 76.9 Å². The van der Waals surface area contributed by atoms with Crippen LogP contribution in [0.2, 0.25) is 0 Å². The summed E-state index contributed by atoms with van der Waals surface area (Å²) in [4.78, 5) is 24.5. The molecule has 7 heteroatoms. The zero-order valence-electron chi connectivity index (χ0n) is 15.1. The van der Waals surface area contributed by atoms with E-state index < -0.39 is 0 Å². The third-order valence-electron chi connectivity index (χ3n) is 4.37. The second-order valence-electron chi connectivity index (χ2n) is 6.52. The van der Waals surface area contributed by atoms with Crippen molar-refractivity contribution in [1.82, 2.24) is 20.3 Å². The molecule has 1 heterocycles. The minimum atomic E-state index is -0.225. The smallest absolute Gasteiger partial charge is 0.277 e. The number of aryl methyl sites for hydroxylation is 2. The largest absolute Gasteiger partial charge is 0.354 e. The van der Waals surface area contributed by atoms with Gasteiger partial charge in [-0.15, -0.1) is 5.10 Å². The molecule has 0 saturated heterocycles. The predicted octanol–water partition coefficient (Wildman–Crippen LogP) is 3.08. The Morgan fingerprint density at radius 1 is 1.19 bits per heavy atom. The lowest BCUT2D eigenvalue weighted by molar-refractivity contribution is -0.122. The van der Waals surface area contributed by atoms with Crippen molar-refractivity contribution in [2.24, 2.45) is 0 Å². The number of amides is 1. The van der Waals surface area contributed by atoms with Crippen molar-refractivity contribution in [3.05, 3.63) is 68.9 Å². The zero-order chi connectivity index (χ0) is 19.2. The average molecular weight is 429 g/mol. The number of rotatable bonds is 7. The van der Waals surface area contributed by atoms with Crippen LogP contribution in [0.15, 0.2) is 57.8 Å². The van der Waals surface area contributed by atoms with Crippen LogP contribution in [0, 0.1) is 0 Å². The Balaban J connectivity index is 1.50. The van der Waals surface area contributed by atoms with Gasteiger partial charge in [-0.05, 0) is 49.6 Å². The van der Waals surface area contributed by atoms with Crippen molar-refractivity contribution in [2.75, 3.05) is 0 Å². The fourth-order valence-corrected chi connectivity index (χ4v) is 3.09. The molecule has 0 saturated carbocycles. The molecule has 0 aliphatic rings. The standard InChI is InChI=1S/C20H21BrN4O2/c1-14(6-7-15-8-10-16(21)11-9-15)22-19(26)12-13-25-20(27)17-4-2-3-5-18(17)23-24-25/h2-5,8-11,14H,6-7,12-13H2,1H3,(H,22,26). The summed E-state index contributed by atoms with van der Waals surface area (Å²) in [7, 11) is 0. The third-order valence-corrected chi connectivity index (χ3v) is 4.90. The molecule has 1 aromatic heterocycles. The SMILES string of the molecule is CC(CCc1ccc(Br)cc1)NC(=O)CCn1nnc2ccccc2c1=O. The van der Waals surface area contributed by atoms with E-state index in [0.717, 1.165) is 17.3 Å². The second kappa shape index (κ2) is 8.90. The molecular formula is C20H21BrN4O2. The summed E-state index contributed by atoms with van der Waals surface area (Å²) < 4.78 is 2.30. The number of benzene rings is 2. The zero-order valence-corrected chi connectivity index (χ0v) is 16.6. The number of fused-ring (bicyclic) bond motifs is 1. The molecule has 0 spiro atoms. The van der Waals surface area contributed by atoms with Gasteiger partial charge in [0.25, 0.3) is 5.56 Å². The van der Waals surface area contributed by atoms with E-state index >= 15 is 0 Å². The molecule has 0 fully saturated rings. The molecule has 27 heavy (non-hydrogen) atoms. The van der Waals surface area contributed by atoms with Gasteiger partial charge in [-0.1, -0.05) is 45.4 Å². The highest BCUT2D eigenvalue weighted by molar-refractivity contribution is 9.10. The highest BCUT2D eigenvalue weighted by atomic mass is 79.9. The van der Waals surface area contributed by atoms with Crippen LogP contribution in [-0.2, 0) is 17.8 Å². The Morgan fingerprint density at radius 3 is 2.70 bits per heavy atom. The van der Waals surface area contributed by atoms with Crippen LogP contribution in [0.1, 0.15) is 25.3 Å². The van der Waals surface area contributed by atoms with Crippen molar-refractivity contribution in [3.8, 4) is 0 Å². The van der Waals surface area contributed by atoms with E-state index in [-0.39, 0.29) is 30.5 Å². The average Bonchev–Trinajstić information content (AvgIpc) is 2.67. The lowest BCUT2D eigenvalue weighted by atomic mass is 10.1. The maximum Gasteiger partial charge on any atom is 0.277 e. The van der Waals surface area contributed by atoms with E-state index in [1.165, 1.54) is 10.2 Å². The highest BCUT2D eigenvalue weighted by Gasteiger charge is 2.10. The van der Waals surface area contributed by atoms with E-state index in [1.807, 2.05) is 25.1 Å². The monoisotopic (exact) mass is 428 g/mol. The number of carbonyl (C=O) groups is 1. The minimum absolute atomic E-state index is 0.0561. The quantitative estimate of drug-likeness (QED) is 0.626. The molecule has 0 aliphatic heterocycles. The first-order valence-corrected chi connectivity index (χ1v) is 9.68. The van der Waals surface area contributed by atoms with Gasteiger partial charge >= 0.3 is 0 Å². The fraction of sp³-hybridized carbons (Fsp3) is 0.300. The van der Waals surface area contributed by atoms with Gasteiger partial charge < -0.3 is 5.32 Å². The van der Waals surface area contributed by atoms with Crippen molar-refractivity contribution in [3.63, 3.8) is 0 Å². The molecule has 0 bridgehead atoms. The molecule has 6 nitrogen and oxygen atoms in total. The number of nitrogens with one attached hydrogen (secondary N) is 1. The van der Waals surface area contributed by atoms with E-state index in [1.54, 1.807) is 18.2 Å². The lowest BCUT2D eigenvalue weighted by Crippen LogP contribution is -2.34. The Morgan fingerprint density at radius 2 is 1.93 bits per heavy atom. The molecule has 3 rings (SSSR count). The number of aromatic nitrogens is 3. The van der Waals surface area contributed by atoms with Gasteiger partial charge in [-0.25, -0.2) is 4.68 Å². The van der Waals surface area contributed by atoms with Crippen LogP contribution >= 0.6 is 15.9 Å². The molecular weight excluding hydrogens is 408 g/mol. The van der Waals surface area contributed by atoms with Crippen LogP contribution < -0.4 is 10.9 Å². The molecule has 1 amide bonds. The van der Waals surface area contributed by atoms with E-state index in [0.29, 0.717) is 10.9 Å². The molecule has 140 valence electrons. The summed E-state index contributed by atoms with van der Waals surface area (Å²) in [5.41, 5.74) is 1.57. The Bertz CT molecular complexity index is 985. The molecule has 3 aromatic rings. The normalized spacial score (nSPS) is 12.1. The molecule has 0 aliphatic carbocycles. The second-order valence-corrected chi connectivity index (χ2v) is 7.43. The maximum absolute atomic E-state index is 12.4. The summed E-state index contributed by atoms with van der Waals surface area (Å²) in [5.74, 6) is -0.0971. The van der Waals surface area contributed by atoms with Crippen LogP contribution in [-0.4, -0.2) is 26.9 Å². The van der Waals surface area contributed by atoms with Gasteiger partial charge in [0.1, 0.15) is 5.52 Å². The maximum atomic E-state index is 12.4. The number of carbonyl (C=O) groups excluding carboxylic acids is 1. The first kappa shape index (κ1) is 19.2. The van der Waals surface area contributed by atoms with Crippen LogP contribution in [0.3, 0.4) is 0 Å². The van der Waals surface area contributed by atoms with Gasteiger partial charge in [0.15, 0.2) is 0 Å². The Labute approximate surface area is 165 Å². The van der Waals surface area contributed by atoms with Crippen LogP contribution in [0.25, 0.3) is 10.9 Å². The molecule has 1 N–H and O–H groups in total. The molecule has 1 unspecified atom stereocenters. The fourth-order valence-electron chi connectivity index (χ4n) is 2.83. The molecule has 0 radical (unpaired) electrons. The lowest BCUT2D eigenvalue weighted by Gasteiger charge is -2.14. The van der Waals surface area contributed by atoms with Crippen molar-refractivity contribution in [1.29, 1.82) is 0 Å². The molecule has 1 atom stereocenters. The van der Waals surface area contributed by atoms with Crippen molar-refractivity contribution >= 4 is 32.7 Å². The number of hydrogen-bond acceptors (Lipinski definition) is 4. The van der Waals surface area contributed by atoms with Crippen LogP contribution in [0.4, 0.5) is 0 Å². The summed E-state index contributed by atoms with van der Waals surface area (Å²) in [6.07, 6.45) is 1.93. The number of halogens is 1. The van der Waals surface area contributed by atoms with Gasteiger partial charge in [0.2, 0.25) is 5.91 Å². The predicted molar refractivity (Wildman–Crippen MR) is 108 cm³/mol. The van der Waals surface area contributed by atoms with Crippen molar-refractivity contribution < 1.29 is 4.79 Å². The Kier molecular flexibility index (Phi) is 6.34. The third kappa shape index (κ3) is 5.23. The van der Waals surface area contributed by atoms with Crippen LogP contribution in [0.5, 0.6) is 0 Å². The first-order chi connectivity index (χ1) is 13.0. The summed E-state index contributed by atoms with van der Waals surface area (Å²) in [6, 6.07) is 15.3. The first-order valence-electron chi connectivity index (χ1n) is 8.89. The van der Waals surface area contributed by atoms with Gasteiger partial charge in [-0.3, -0.25) is 9.59 Å². The van der Waals surface area contributed by atoms with Crippen molar-refractivity contribution in [2.45, 2.75) is 38.8 Å². The van der Waals surface area contributed by atoms with Gasteiger partial charge in [0, 0.05) is 16.9 Å². The van der Waals surface area contributed by atoms with E-state index in [2.05, 4.69) is 43.7 Å². The summed E-state index contributed by atoms with van der Waals surface area (Å²) in [5, 5.41) is 11.4. The highest BCUT2D eigenvalue weighted by Crippen LogP contribution is 2.12. The number of hydrogen-bond donors (Lipinski definition) is 1. The Hall–Kier alpha value is -2.54. The van der Waals surface area contributed by atoms with E-state index in [9.17, 15) is 9.59 Å².